The lowest BCUT2D eigenvalue weighted by Crippen LogP contribution is -2.31. The predicted octanol–water partition coefficient (Wildman–Crippen LogP) is 2.59. The summed E-state index contributed by atoms with van der Waals surface area (Å²) in [6.45, 7) is 1.33. The zero-order valence-corrected chi connectivity index (χ0v) is 18.5. The average molecular weight is 450 g/mol. The smallest absolute Gasteiger partial charge is 0.255 e. The van der Waals surface area contributed by atoms with Crippen molar-refractivity contribution in [1.29, 1.82) is 5.26 Å². The van der Waals surface area contributed by atoms with E-state index in [-0.39, 0.29) is 35.6 Å². The molecule has 0 spiro atoms. The standard InChI is InChI=1S/C24H24ClN5O2/c1-27-15-18-5-6-20(25)12-19(18)16-29-23(31)13-22-17(14-26)7-10-30(24(22)32)11-8-21-4-2-3-9-28-21/h2-7,9-10,12,27H,8,11,13,15-16H2,1H3,(H,29,31). The summed E-state index contributed by atoms with van der Waals surface area (Å²) in [4.78, 5) is 29.8. The Bertz CT molecular complexity index is 1190. The highest BCUT2D eigenvalue weighted by Gasteiger charge is 2.15. The van der Waals surface area contributed by atoms with E-state index in [0.717, 1.165) is 16.8 Å². The Balaban J connectivity index is 1.72. The van der Waals surface area contributed by atoms with Gasteiger partial charge in [0.25, 0.3) is 5.56 Å². The number of hydrogen-bond acceptors (Lipinski definition) is 5. The van der Waals surface area contributed by atoms with Gasteiger partial charge in [-0.05, 0) is 48.5 Å². The molecule has 0 saturated carbocycles. The van der Waals surface area contributed by atoms with Gasteiger partial charge in [-0.1, -0.05) is 23.7 Å². The monoisotopic (exact) mass is 449 g/mol. The molecule has 3 rings (SSSR count). The third-order valence-corrected chi connectivity index (χ3v) is 5.30. The van der Waals surface area contributed by atoms with Crippen molar-refractivity contribution in [2.75, 3.05) is 7.05 Å². The van der Waals surface area contributed by atoms with Crippen LogP contribution in [0.2, 0.25) is 5.02 Å². The van der Waals surface area contributed by atoms with Crippen molar-refractivity contribution in [3.05, 3.63) is 98.2 Å². The second kappa shape index (κ2) is 11.2. The van der Waals surface area contributed by atoms with Crippen LogP contribution >= 0.6 is 11.6 Å². The van der Waals surface area contributed by atoms with E-state index < -0.39 is 0 Å². The van der Waals surface area contributed by atoms with Gasteiger partial charge in [0.15, 0.2) is 0 Å². The fourth-order valence-corrected chi connectivity index (χ4v) is 3.59. The molecule has 32 heavy (non-hydrogen) atoms. The van der Waals surface area contributed by atoms with Crippen molar-refractivity contribution < 1.29 is 4.79 Å². The van der Waals surface area contributed by atoms with Gasteiger partial charge in [0, 0.05) is 54.7 Å². The van der Waals surface area contributed by atoms with Gasteiger partial charge in [0.05, 0.1) is 18.1 Å². The summed E-state index contributed by atoms with van der Waals surface area (Å²) in [6.07, 6.45) is 3.69. The number of carbonyl (C=O) groups is 1. The Morgan fingerprint density at radius 1 is 1.19 bits per heavy atom. The molecule has 2 heterocycles. The summed E-state index contributed by atoms with van der Waals surface area (Å²) in [5, 5.41) is 15.9. The third kappa shape index (κ3) is 6.03. The van der Waals surface area contributed by atoms with Gasteiger partial charge in [0.2, 0.25) is 5.91 Å². The number of benzene rings is 1. The van der Waals surface area contributed by atoms with Crippen LogP contribution in [0.3, 0.4) is 0 Å². The van der Waals surface area contributed by atoms with Crippen LogP contribution in [-0.4, -0.2) is 22.5 Å². The second-order valence-electron chi connectivity index (χ2n) is 7.29. The van der Waals surface area contributed by atoms with Gasteiger partial charge >= 0.3 is 0 Å². The van der Waals surface area contributed by atoms with Crippen LogP contribution in [-0.2, 0) is 37.3 Å². The molecule has 0 unspecified atom stereocenters. The summed E-state index contributed by atoms with van der Waals surface area (Å²) >= 11 is 6.10. The van der Waals surface area contributed by atoms with Crippen molar-refractivity contribution >= 4 is 17.5 Å². The topological polar surface area (TPSA) is 99.8 Å². The van der Waals surface area contributed by atoms with Crippen LogP contribution in [0, 0.1) is 11.3 Å². The molecule has 0 fully saturated rings. The van der Waals surface area contributed by atoms with E-state index in [1.54, 1.807) is 24.5 Å². The summed E-state index contributed by atoms with van der Waals surface area (Å²) in [6, 6.07) is 14.7. The molecule has 164 valence electrons. The SMILES string of the molecule is CNCc1ccc(Cl)cc1CNC(=O)Cc1c(C#N)ccn(CCc2ccccn2)c1=O. The van der Waals surface area contributed by atoms with Gasteiger partial charge in [-0.3, -0.25) is 14.6 Å². The fourth-order valence-electron chi connectivity index (χ4n) is 3.39. The number of aryl methyl sites for hydroxylation is 2. The minimum atomic E-state index is -0.339. The third-order valence-electron chi connectivity index (χ3n) is 5.07. The maximum atomic E-state index is 12.9. The Morgan fingerprint density at radius 2 is 2.03 bits per heavy atom. The van der Waals surface area contributed by atoms with Crippen molar-refractivity contribution in [3.8, 4) is 6.07 Å². The molecule has 2 aromatic heterocycles. The molecular formula is C24H24ClN5O2. The number of aromatic nitrogens is 2. The molecule has 3 aromatic rings. The largest absolute Gasteiger partial charge is 0.352 e. The number of nitriles is 1. The minimum Gasteiger partial charge on any atom is -0.352 e. The zero-order chi connectivity index (χ0) is 22.9. The zero-order valence-electron chi connectivity index (χ0n) is 17.8. The molecule has 0 atom stereocenters. The number of nitrogens with one attached hydrogen (secondary N) is 2. The molecule has 0 bridgehead atoms. The molecular weight excluding hydrogens is 426 g/mol. The summed E-state index contributed by atoms with van der Waals surface area (Å²) in [5.74, 6) is -0.337. The average Bonchev–Trinajstić information content (AvgIpc) is 2.80. The lowest BCUT2D eigenvalue weighted by Gasteiger charge is -2.12. The highest BCUT2D eigenvalue weighted by molar-refractivity contribution is 6.30. The summed E-state index contributed by atoms with van der Waals surface area (Å²) in [7, 11) is 1.84. The van der Waals surface area contributed by atoms with E-state index >= 15 is 0 Å². The molecule has 0 saturated heterocycles. The lowest BCUT2D eigenvalue weighted by atomic mass is 10.1. The first-order valence-electron chi connectivity index (χ1n) is 10.2. The van der Waals surface area contributed by atoms with E-state index in [4.69, 9.17) is 11.6 Å². The number of carbonyl (C=O) groups excluding carboxylic acids is 1. The van der Waals surface area contributed by atoms with E-state index in [9.17, 15) is 14.9 Å². The van der Waals surface area contributed by atoms with E-state index in [0.29, 0.717) is 24.5 Å². The number of rotatable bonds is 9. The molecule has 0 aliphatic rings. The molecule has 0 radical (unpaired) electrons. The quantitative estimate of drug-likeness (QED) is 0.523. The van der Waals surface area contributed by atoms with Crippen LogP contribution < -0.4 is 16.2 Å². The predicted molar refractivity (Wildman–Crippen MR) is 123 cm³/mol. The maximum absolute atomic E-state index is 12.9. The molecule has 1 amide bonds. The first-order valence-corrected chi connectivity index (χ1v) is 10.6. The van der Waals surface area contributed by atoms with Gasteiger partial charge in [-0.25, -0.2) is 0 Å². The van der Waals surface area contributed by atoms with Crippen LogP contribution in [0.15, 0.2) is 59.7 Å². The summed E-state index contributed by atoms with van der Waals surface area (Å²) < 4.78 is 1.51. The molecule has 7 nitrogen and oxygen atoms in total. The van der Waals surface area contributed by atoms with E-state index in [1.807, 2.05) is 43.4 Å². The van der Waals surface area contributed by atoms with Crippen molar-refractivity contribution in [1.82, 2.24) is 20.2 Å². The van der Waals surface area contributed by atoms with Crippen molar-refractivity contribution in [2.24, 2.45) is 0 Å². The molecule has 8 heteroatoms. The fraction of sp³-hybridized carbons (Fsp3) is 0.250. The van der Waals surface area contributed by atoms with Crippen molar-refractivity contribution in [2.45, 2.75) is 32.5 Å². The van der Waals surface area contributed by atoms with Crippen LogP contribution in [0.5, 0.6) is 0 Å². The first kappa shape index (κ1) is 23.2. The van der Waals surface area contributed by atoms with Gasteiger partial charge in [-0.15, -0.1) is 0 Å². The van der Waals surface area contributed by atoms with Crippen molar-refractivity contribution in [3.63, 3.8) is 0 Å². The molecule has 2 N–H and O–H groups in total. The second-order valence-corrected chi connectivity index (χ2v) is 7.72. The summed E-state index contributed by atoms with van der Waals surface area (Å²) in [5.41, 5.74) is 2.83. The van der Waals surface area contributed by atoms with Gasteiger partial charge < -0.3 is 15.2 Å². The normalized spacial score (nSPS) is 10.5. The highest BCUT2D eigenvalue weighted by Crippen LogP contribution is 2.16. The Labute approximate surface area is 191 Å². The minimum absolute atomic E-state index is 0.173. The Kier molecular flexibility index (Phi) is 8.14. The number of halogens is 1. The number of nitrogens with zero attached hydrogens (tertiary/aromatic N) is 3. The Morgan fingerprint density at radius 3 is 2.75 bits per heavy atom. The number of hydrogen-bond donors (Lipinski definition) is 2. The van der Waals surface area contributed by atoms with Crippen LogP contribution in [0.4, 0.5) is 0 Å². The van der Waals surface area contributed by atoms with Crippen LogP contribution in [0.1, 0.15) is 27.9 Å². The first-order chi connectivity index (χ1) is 15.5. The molecule has 0 aliphatic carbocycles. The number of pyridine rings is 2. The molecule has 0 aliphatic heterocycles. The Hall–Kier alpha value is -3.47. The maximum Gasteiger partial charge on any atom is 0.255 e. The van der Waals surface area contributed by atoms with E-state index in [1.165, 1.54) is 4.57 Å². The highest BCUT2D eigenvalue weighted by atomic mass is 35.5. The van der Waals surface area contributed by atoms with Gasteiger partial charge in [-0.2, -0.15) is 5.26 Å². The van der Waals surface area contributed by atoms with Crippen LogP contribution in [0.25, 0.3) is 0 Å². The molecule has 1 aromatic carbocycles. The number of amides is 1. The lowest BCUT2D eigenvalue weighted by molar-refractivity contribution is -0.120. The van der Waals surface area contributed by atoms with Gasteiger partial charge in [0.1, 0.15) is 0 Å². The van der Waals surface area contributed by atoms with E-state index in [2.05, 4.69) is 15.6 Å².